The van der Waals surface area contributed by atoms with Crippen molar-refractivity contribution in [1.29, 1.82) is 0 Å². The standard InChI is InChI=1S/C41H64O14/c1-19-36(47)27(42)14-33(50-19)54-38-21(3)52-34(16-29(38)44)55-37-20(2)51-32(15-28(37)43)53-24-8-10-39(4)23(13-24)6-7-26-25(39)9-11-40(5)35(22-12-31(46)49-18-22)30(45)17-41(26,40)48/h12,19-21,23-30,32-38,42-45,47-48H,6-11,13-18H2,1-5H3/t19?,20?,21?,23-,24?,25?,26+,27?,28?,29?,30?,32-,33?,34?,35?,36?,37+,38+,39-,40-,41-/m1/s1. The van der Waals surface area contributed by atoms with Crippen LogP contribution in [0.1, 0.15) is 105 Å². The number of carbonyl (C=O) groups is 1. The molecule has 4 aliphatic heterocycles. The molecule has 4 aliphatic carbocycles. The van der Waals surface area contributed by atoms with E-state index in [1.54, 1.807) is 13.8 Å². The van der Waals surface area contributed by atoms with Gasteiger partial charge in [0.05, 0.1) is 54.4 Å². The third-order valence-corrected chi connectivity index (χ3v) is 15.8. The van der Waals surface area contributed by atoms with E-state index in [4.69, 9.17) is 33.2 Å². The maximum atomic E-state index is 12.6. The molecule has 0 bridgehead atoms. The molecular weight excluding hydrogens is 716 g/mol. The molecule has 312 valence electrons. The number of cyclic esters (lactones) is 1. The fourth-order valence-electron chi connectivity index (χ4n) is 12.9. The van der Waals surface area contributed by atoms with Gasteiger partial charge in [0, 0.05) is 43.1 Å². The van der Waals surface area contributed by atoms with E-state index in [0.29, 0.717) is 18.3 Å². The summed E-state index contributed by atoms with van der Waals surface area (Å²) < 4.78 is 42.1. The molecule has 14 nitrogen and oxygen atoms in total. The molecule has 7 fully saturated rings. The number of fused-ring (bicyclic) bond motifs is 5. The van der Waals surface area contributed by atoms with Crippen LogP contribution in [-0.4, -0.2) is 135 Å². The predicted molar refractivity (Wildman–Crippen MR) is 193 cm³/mol. The summed E-state index contributed by atoms with van der Waals surface area (Å²) in [5.41, 5.74) is -0.686. The highest BCUT2D eigenvalue weighted by atomic mass is 16.7. The van der Waals surface area contributed by atoms with Gasteiger partial charge < -0.3 is 63.8 Å². The van der Waals surface area contributed by atoms with Gasteiger partial charge in [-0.25, -0.2) is 4.79 Å². The number of esters is 1. The van der Waals surface area contributed by atoms with E-state index in [9.17, 15) is 35.4 Å². The first-order chi connectivity index (χ1) is 26.0. The normalized spacial score (nSPS) is 55.5. The summed E-state index contributed by atoms with van der Waals surface area (Å²) in [7, 11) is 0. The van der Waals surface area contributed by atoms with Crippen LogP contribution in [0.15, 0.2) is 11.6 Å². The van der Waals surface area contributed by atoms with E-state index in [1.165, 1.54) is 6.08 Å². The van der Waals surface area contributed by atoms with E-state index in [2.05, 4.69) is 13.8 Å². The zero-order chi connectivity index (χ0) is 39.2. The Balaban J connectivity index is 0.834. The largest absolute Gasteiger partial charge is 0.458 e. The molecule has 8 rings (SSSR count). The van der Waals surface area contributed by atoms with Crippen molar-refractivity contribution < 1.29 is 68.6 Å². The second-order valence-electron chi connectivity index (χ2n) is 18.9. The first kappa shape index (κ1) is 40.5. The van der Waals surface area contributed by atoms with Gasteiger partial charge in [0.25, 0.3) is 0 Å². The van der Waals surface area contributed by atoms with Gasteiger partial charge >= 0.3 is 5.97 Å². The van der Waals surface area contributed by atoms with E-state index >= 15 is 0 Å². The van der Waals surface area contributed by atoms with Crippen LogP contribution >= 0.6 is 0 Å². The molecule has 0 spiro atoms. The summed E-state index contributed by atoms with van der Waals surface area (Å²) in [5.74, 6) is 0.174. The Bertz CT molecular complexity index is 1410. The molecule has 14 heteroatoms. The van der Waals surface area contributed by atoms with Crippen molar-refractivity contribution in [3.8, 4) is 0 Å². The minimum absolute atomic E-state index is 0.0203. The number of aliphatic hydroxyl groups excluding tert-OH is 5. The Kier molecular flexibility index (Phi) is 11.1. The van der Waals surface area contributed by atoms with Gasteiger partial charge in [0.15, 0.2) is 18.9 Å². The third kappa shape index (κ3) is 7.05. The van der Waals surface area contributed by atoms with Gasteiger partial charge in [0.2, 0.25) is 0 Å². The monoisotopic (exact) mass is 780 g/mol. The summed E-state index contributed by atoms with van der Waals surface area (Å²) >= 11 is 0. The van der Waals surface area contributed by atoms with Crippen LogP contribution < -0.4 is 0 Å². The van der Waals surface area contributed by atoms with Crippen LogP contribution in [0.2, 0.25) is 0 Å². The highest BCUT2D eigenvalue weighted by Crippen LogP contribution is 2.70. The van der Waals surface area contributed by atoms with Crippen molar-refractivity contribution >= 4 is 5.97 Å². The molecule has 4 heterocycles. The van der Waals surface area contributed by atoms with Crippen molar-refractivity contribution in [2.45, 2.75) is 197 Å². The molecule has 0 radical (unpaired) electrons. The lowest BCUT2D eigenvalue weighted by molar-refractivity contribution is -0.336. The molecule has 0 aromatic carbocycles. The average molecular weight is 781 g/mol. The topological polar surface area (TPSA) is 203 Å². The number of hydrogen-bond donors (Lipinski definition) is 6. The zero-order valence-corrected chi connectivity index (χ0v) is 32.9. The molecule has 8 aliphatic rings. The predicted octanol–water partition coefficient (Wildman–Crippen LogP) is 2.22. The summed E-state index contributed by atoms with van der Waals surface area (Å²) in [6.07, 6.45) is -1.26. The average Bonchev–Trinajstić information content (AvgIpc) is 3.62. The highest BCUT2D eigenvalue weighted by Gasteiger charge is 2.70. The smallest absolute Gasteiger partial charge is 0.331 e. The van der Waals surface area contributed by atoms with Crippen molar-refractivity contribution in [2.75, 3.05) is 6.61 Å². The number of rotatable bonds is 7. The molecule has 6 N–H and O–H groups in total. The molecule has 0 amide bonds. The SMILES string of the molecule is CC1OC(O[C@@H]2C(O)CC(O[C@@H]3C(O)C[C@@H](OC4CC[C@@]5(C)C6CC[C@]7(C)C(C8=CC(=O)OC8)C(O)C[C@@]7(O)[C@H]6CC[C@@H]5C4)OC3C)OC2C)CC(O)C1O. The third-order valence-electron chi connectivity index (χ3n) is 15.8. The molecule has 13 unspecified atom stereocenters. The zero-order valence-electron chi connectivity index (χ0n) is 32.9. The fourth-order valence-corrected chi connectivity index (χ4v) is 12.9. The Morgan fingerprint density at radius 3 is 1.87 bits per heavy atom. The summed E-state index contributed by atoms with van der Waals surface area (Å²) in [5, 5.41) is 66.3. The molecule has 0 aromatic heterocycles. The van der Waals surface area contributed by atoms with E-state index in [1.807, 2.05) is 6.92 Å². The second kappa shape index (κ2) is 15.1. The second-order valence-corrected chi connectivity index (χ2v) is 18.9. The molecule has 21 atom stereocenters. The van der Waals surface area contributed by atoms with Gasteiger partial charge in [-0.1, -0.05) is 13.8 Å². The minimum Gasteiger partial charge on any atom is -0.458 e. The quantitative estimate of drug-likeness (QED) is 0.162. The van der Waals surface area contributed by atoms with Crippen LogP contribution in [0, 0.1) is 34.5 Å². The Morgan fingerprint density at radius 1 is 0.691 bits per heavy atom. The lowest BCUT2D eigenvalue weighted by atomic mass is 9.43. The minimum atomic E-state index is -1.01. The highest BCUT2D eigenvalue weighted by molar-refractivity contribution is 5.85. The maximum absolute atomic E-state index is 12.6. The van der Waals surface area contributed by atoms with Gasteiger partial charge in [-0.3, -0.25) is 0 Å². The summed E-state index contributed by atoms with van der Waals surface area (Å²) in [6, 6.07) is 0. The van der Waals surface area contributed by atoms with Crippen molar-refractivity contribution in [3.05, 3.63) is 11.6 Å². The van der Waals surface area contributed by atoms with E-state index in [0.717, 1.165) is 50.5 Å². The first-order valence-electron chi connectivity index (χ1n) is 20.9. The van der Waals surface area contributed by atoms with Gasteiger partial charge in [-0.05, 0) is 94.5 Å². The summed E-state index contributed by atoms with van der Waals surface area (Å²) in [4.78, 5) is 12.0. The van der Waals surface area contributed by atoms with Crippen molar-refractivity contribution in [1.82, 2.24) is 0 Å². The fraction of sp³-hybridized carbons (Fsp3) is 0.927. The van der Waals surface area contributed by atoms with Crippen LogP contribution in [0.25, 0.3) is 0 Å². The number of hydrogen-bond acceptors (Lipinski definition) is 14. The molecular formula is C41H64O14. The van der Waals surface area contributed by atoms with Crippen LogP contribution in [-0.2, 0) is 38.0 Å². The van der Waals surface area contributed by atoms with Gasteiger partial charge in [-0.2, -0.15) is 0 Å². The lowest BCUT2D eigenvalue weighted by Gasteiger charge is -2.63. The number of ether oxygens (including phenoxy) is 7. The summed E-state index contributed by atoms with van der Waals surface area (Å²) in [6.45, 7) is 9.98. The van der Waals surface area contributed by atoms with Gasteiger partial charge in [0.1, 0.15) is 24.9 Å². The first-order valence-corrected chi connectivity index (χ1v) is 20.9. The Hall–Kier alpha value is -1.27. The number of carbonyl (C=O) groups excluding carboxylic acids is 1. The van der Waals surface area contributed by atoms with Crippen molar-refractivity contribution in [3.63, 3.8) is 0 Å². The maximum Gasteiger partial charge on any atom is 0.331 e. The van der Waals surface area contributed by atoms with E-state index in [-0.39, 0.29) is 55.2 Å². The Labute approximate surface area is 323 Å². The molecule has 4 saturated carbocycles. The number of aliphatic hydroxyl groups is 6. The van der Waals surface area contributed by atoms with Gasteiger partial charge in [-0.15, -0.1) is 0 Å². The van der Waals surface area contributed by atoms with Crippen molar-refractivity contribution in [2.24, 2.45) is 34.5 Å². The molecule has 3 saturated heterocycles. The lowest BCUT2D eigenvalue weighted by Crippen LogP contribution is -2.62. The van der Waals surface area contributed by atoms with E-state index < -0.39 is 90.9 Å². The molecule has 0 aromatic rings. The Morgan fingerprint density at radius 2 is 1.29 bits per heavy atom. The van der Waals surface area contributed by atoms with Crippen LogP contribution in [0.3, 0.4) is 0 Å². The van der Waals surface area contributed by atoms with Crippen LogP contribution in [0.5, 0.6) is 0 Å². The van der Waals surface area contributed by atoms with Crippen LogP contribution in [0.4, 0.5) is 0 Å². The molecule has 55 heavy (non-hydrogen) atoms.